The topological polar surface area (TPSA) is 62.2 Å². The van der Waals surface area contributed by atoms with Crippen molar-refractivity contribution in [3.8, 4) is 11.1 Å². The van der Waals surface area contributed by atoms with E-state index in [0.717, 1.165) is 25.9 Å². The van der Waals surface area contributed by atoms with Crippen LogP contribution in [0.2, 0.25) is 0 Å². The molecule has 0 saturated carbocycles. The Kier molecular flexibility index (Phi) is 7.23. The number of aliphatic hydroxyl groups excluding tert-OH is 1. The van der Waals surface area contributed by atoms with Gasteiger partial charge in [-0.25, -0.2) is 0 Å². The molecule has 1 amide bonds. The van der Waals surface area contributed by atoms with Gasteiger partial charge < -0.3 is 24.4 Å². The number of carbonyl (C=O) groups excluding carboxylic acids is 1. The number of carbonyl (C=O) groups is 1. The first-order valence-electron chi connectivity index (χ1n) is 12.9. The fraction of sp³-hybridized carbons (Fsp3) is 0.483. The fourth-order valence-corrected chi connectivity index (χ4v) is 5.68. The minimum absolute atomic E-state index is 0.0210. The van der Waals surface area contributed by atoms with E-state index in [4.69, 9.17) is 9.47 Å². The summed E-state index contributed by atoms with van der Waals surface area (Å²) in [6, 6.07) is 15.3. The highest BCUT2D eigenvalue weighted by molar-refractivity contribution is 5.92. The van der Waals surface area contributed by atoms with Gasteiger partial charge in [-0.3, -0.25) is 4.79 Å². The molecular formula is C29H36N2O4. The molecule has 2 aliphatic heterocycles. The van der Waals surface area contributed by atoms with E-state index in [1.54, 1.807) is 0 Å². The van der Waals surface area contributed by atoms with Crippen LogP contribution < -0.4 is 0 Å². The molecule has 2 heterocycles. The fourth-order valence-electron chi connectivity index (χ4n) is 5.68. The van der Waals surface area contributed by atoms with Crippen molar-refractivity contribution in [2.45, 2.75) is 38.4 Å². The number of likely N-dealkylation sites (N-methyl/N-ethyl adjacent to an activating group) is 1. The van der Waals surface area contributed by atoms with Gasteiger partial charge in [-0.2, -0.15) is 0 Å². The average Bonchev–Trinajstić information content (AvgIpc) is 3.25. The highest BCUT2D eigenvalue weighted by atomic mass is 16.7. The molecule has 0 spiro atoms. The van der Waals surface area contributed by atoms with E-state index < -0.39 is 6.29 Å². The number of benzene rings is 2. The quantitative estimate of drug-likeness (QED) is 0.562. The SMILES string of the molecule is CCO[C@@H]1OC(C(=O)N2CCN(C)CC2)=C[C@H](c2ccc3c(c2)Cc2ccccc2-3)[C@H]1CCCO. The van der Waals surface area contributed by atoms with Crippen LogP contribution in [0.4, 0.5) is 0 Å². The summed E-state index contributed by atoms with van der Waals surface area (Å²) in [4.78, 5) is 17.6. The molecule has 1 N–H and O–H groups in total. The number of hydrogen-bond acceptors (Lipinski definition) is 5. The minimum Gasteiger partial charge on any atom is -0.459 e. The number of hydrogen-bond donors (Lipinski definition) is 1. The maximum absolute atomic E-state index is 13.5. The van der Waals surface area contributed by atoms with Gasteiger partial charge in [0.15, 0.2) is 5.76 Å². The number of piperazine rings is 1. The Hall–Kier alpha value is -2.67. The van der Waals surface area contributed by atoms with E-state index in [0.29, 0.717) is 31.9 Å². The molecule has 1 fully saturated rings. The Morgan fingerprint density at radius 2 is 1.86 bits per heavy atom. The zero-order valence-corrected chi connectivity index (χ0v) is 20.8. The minimum atomic E-state index is -0.515. The number of aliphatic hydroxyl groups is 1. The van der Waals surface area contributed by atoms with Gasteiger partial charge in [0.05, 0.1) is 0 Å². The van der Waals surface area contributed by atoms with E-state index in [-0.39, 0.29) is 24.3 Å². The van der Waals surface area contributed by atoms with Gasteiger partial charge in [-0.1, -0.05) is 42.5 Å². The second-order valence-corrected chi connectivity index (χ2v) is 9.87. The van der Waals surface area contributed by atoms with Gasteiger partial charge >= 0.3 is 0 Å². The third-order valence-electron chi connectivity index (χ3n) is 7.62. The Bertz CT molecular complexity index is 1090. The lowest BCUT2D eigenvalue weighted by Crippen LogP contribution is -2.49. The van der Waals surface area contributed by atoms with Gasteiger partial charge in [0, 0.05) is 51.2 Å². The summed E-state index contributed by atoms with van der Waals surface area (Å²) < 4.78 is 12.3. The van der Waals surface area contributed by atoms with Crippen LogP contribution in [-0.2, 0) is 20.7 Å². The summed E-state index contributed by atoms with van der Waals surface area (Å²) >= 11 is 0. The van der Waals surface area contributed by atoms with Gasteiger partial charge in [-0.15, -0.1) is 0 Å². The van der Waals surface area contributed by atoms with E-state index >= 15 is 0 Å². The lowest BCUT2D eigenvalue weighted by Gasteiger charge is -2.39. The summed E-state index contributed by atoms with van der Waals surface area (Å²) in [5.41, 5.74) is 6.46. The summed E-state index contributed by atoms with van der Waals surface area (Å²) in [6.07, 6.45) is 3.85. The Labute approximate surface area is 208 Å². The Morgan fingerprint density at radius 1 is 1.09 bits per heavy atom. The predicted molar refractivity (Wildman–Crippen MR) is 136 cm³/mol. The van der Waals surface area contributed by atoms with E-state index in [1.807, 2.05) is 17.9 Å². The van der Waals surface area contributed by atoms with E-state index in [9.17, 15) is 9.90 Å². The maximum Gasteiger partial charge on any atom is 0.288 e. The van der Waals surface area contributed by atoms with Crippen molar-refractivity contribution in [2.24, 2.45) is 5.92 Å². The highest BCUT2D eigenvalue weighted by Gasteiger charge is 2.39. The number of amides is 1. The summed E-state index contributed by atoms with van der Waals surface area (Å²) in [7, 11) is 2.08. The first kappa shape index (κ1) is 24.0. The second kappa shape index (κ2) is 10.5. The third kappa shape index (κ3) is 4.88. The van der Waals surface area contributed by atoms with Crippen molar-refractivity contribution in [3.05, 3.63) is 71.0 Å². The van der Waals surface area contributed by atoms with Crippen LogP contribution >= 0.6 is 0 Å². The molecule has 3 aliphatic rings. The second-order valence-electron chi connectivity index (χ2n) is 9.87. The predicted octanol–water partition coefficient (Wildman–Crippen LogP) is 3.78. The lowest BCUT2D eigenvalue weighted by molar-refractivity contribution is -0.170. The maximum atomic E-state index is 13.5. The Morgan fingerprint density at radius 3 is 2.63 bits per heavy atom. The average molecular weight is 477 g/mol. The van der Waals surface area contributed by atoms with Crippen LogP contribution in [0.1, 0.15) is 42.4 Å². The molecule has 0 unspecified atom stereocenters. The van der Waals surface area contributed by atoms with Crippen LogP contribution in [0, 0.1) is 5.92 Å². The van der Waals surface area contributed by atoms with Crippen LogP contribution in [0.5, 0.6) is 0 Å². The molecule has 1 saturated heterocycles. The normalized spacial score (nSPS) is 23.9. The Balaban J connectivity index is 1.49. The largest absolute Gasteiger partial charge is 0.459 e. The van der Waals surface area contributed by atoms with E-state index in [2.05, 4.69) is 54.4 Å². The standard InChI is InChI=1S/C29H36N2O4/c1-3-34-29-25(9-6-16-32)26(19-27(35-29)28(33)31-14-12-30(2)13-15-31)21-10-11-24-22(18-21)17-20-7-4-5-8-23(20)24/h4-5,7-8,10-11,18-19,25-26,29,32H,3,6,9,12-17H2,1-2H3/t25-,26-,29-/m1/s1. The lowest BCUT2D eigenvalue weighted by atomic mass is 9.79. The summed E-state index contributed by atoms with van der Waals surface area (Å²) in [5, 5.41) is 9.57. The molecule has 5 rings (SSSR count). The van der Waals surface area contributed by atoms with Crippen LogP contribution in [0.25, 0.3) is 11.1 Å². The van der Waals surface area contributed by atoms with Gasteiger partial charge in [0.25, 0.3) is 5.91 Å². The van der Waals surface area contributed by atoms with Gasteiger partial charge in [0.1, 0.15) is 0 Å². The molecule has 0 radical (unpaired) electrons. The number of ether oxygens (including phenoxy) is 2. The summed E-state index contributed by atoms with van der Waals surface area (Å²) in [5.74, 6) is 0.337. The highest BCUT2D eigenvalue weighted by Crippen LogP contribution is 2.43. The number of fused-ring (bicyclic) bond motifs is 3. The van der Waals surface area contributed by atoms with Crippen molar-refractivity contribution in [3.63, 3.8) is 0 Å². The monoisotopic (exact) mass is 476 g/mol. The molecule has 6 nitrogen and oxygen atoms in total. The number of allylic oxidation sites excluding steroid dienone is 1. The van der Waals surface area contributed by atoms with Crippen molar-refractivity contribution in [1.29, 1.82) is 0 Å². The van der Waals surface area contributed by atoms with Crippen LogP contribution in [-0.4, -0.2) is 73.5 Å². The smallest absolute Gasteiger partial charge is 0.288 e. The molecule has 3 atom stereocenters. The molecule has 1 aliphatic carbocycles. The molecule has 35 heavy (non-hydrogen) atoms. The molecule has 0 aromatic heterocycles. The van der Waals surface area contributed by atoms with Crippen molar-refractivity contribution < 1.29 is 19.4 Å². The van der Waals surface area contributed by atoms with Crippen molar-refractivity contribution >= 4 is 5.91 Å². The van der Waals surface area contributed by atoms with Crippen LogP contribution in [0.15, 0.2) is 54.3 Å². The first-order chi connectivity index (χ1) is 17.1. The third-order valence-corrected chi connectivity index (χ3v) is 7.62. The van der Waals surface area contributed by atoms with Gasteiger partial charge in [-0.05, 0) is 67.1 Å². The molecule has 2 aromatic carbocycles. The molecule has 2 aromatic rings. The number of nitrogens with zero attached hydrogens (tertiary/aromatic N) is 2. The van der Waals surface area contributed by atoms with Gasteiger partial charge in [0.2, 0.25) is 6.29 Å². The summed E-state index contributed by atoms with van der Waals surface area (Å²) in [6.45, 7) is 5.70. The molecule has 0 bridgehead atoms. The van der Waals surface area contributed by atoms with Crippen molar-refractivity contribution in [2.75, 3.05) is 46.4 Å². The molecule has 186 valence electrons. The number of rotatable bonds is 7. The zero-order chi connectivity index (χ0) is 24.4. The zero-order valence-electron chi connectivity index (χ0n) is 20.8. The van der Waals surface area contributed by atoms with Crippen LogP contribution in [0.3, 0.4) is 0 Å². The molecular weight excluding hydrogens is 440 g/mol. The first-order valence-corrected chi connectivity index (χ1v) is 12.9. The molecule has 6 heteroatoms. The van der Waals surface area contributed by atoms with E-state index in [1.165, 1.54) is 27.8 Å². The van der Waals surface area contributed by atoms with Crippen molar-refractivity contribution in [1.82, 2.24) is 9.80 Å².